The zero-order valence-corrected chi connectivity index (χ0v) is 18.9. The zero-order chi connectivity index (χ0) is 22.2. The number of anilines is 2. The molecule has 1 aromatic heterocycles. The second-order valence-corrected chi connectivity index (χ2v) is 10.1. The lowest BCUT2D eigenvalue weighted by Crippen LogP contribution is -2.18. The Hall–Kier alpha value is -3.23. The molecule has 0 saturated carbocycles. The molecule has 0 bridgehead atoms. The third-order valence-corrected chi connectivity index (χ3v) is 7.10. The number of nitrogens with one attached hydrogen (secondary N) is 2. The van der Waals surface area contributed by atoms with Gasteiger partial charge in [0.1, 0.15) is 0 Å². The summed E-state index contributed by atoms with van der Waals surface area (Å²) >= 11 is 1.38. The number of benzene rings is 3. The van der Waals surface area contributed by atoms with E-state index in [-0.39, 0.29) is 16.1 Å². The Labute approximate surface area is 185 Å². The highest BCUT2D eigenvalue weighted by Gasteiger charge is 2.19. The maximum Gasteiger partial charge on any atom is 0.261 e. The monoisotopic (exact) mass is 451 g/mol. The van der Waals surface area contributed by atoms with Gasteiger partial charge in [0.25, 0.3) is 15.9 Å². The minimum absolute atomic E-state index is 0.130. The molecule has 31 heavy (non-hydrogen) atoms. The van der Waals surface area contributed by atoms with Crippen LogP contribution >= 0.6 is 11.3 Å². The van der Waals surface area contributed by atoms with E-state index in [1.807, 2.05) is 32.9 Å². The minimum Gasteiger partial charge on any atom is -0.298 e. The van der Waals surface area contributed by atoms with Gasteiger partial charge in [0, 0.05) is 0 Å². The summed E-state index contributed by atoms with van der Waals surface area (Å²) in [5.74, 6) is -0.435. The lowest BCUT2D eigenvalue weighted by Gasteiger charge is -2.12. The number of sulfonamides is 1. The van der Waals surface area contributed by atoms with Crippen molar-refractivity contribution in [2.45, 2.75) is 25.7 Å². The molecule has 0 aliphatic rings. The molecular formula is C23H21N3O3S2. The van der Waals surface area contributed by atoms with Crippen molar-refractivity contribution in [3.8, 4) is 0 Å². The fourth-order valence-corrected chi connectivity index (χ4v) is 5.40. The van der Waals surface area contributed by atoms with Crippen molar-refractivity contribution in [1.29, 1.82) is 0 Å². The maximum atomic E-state index is 13.0. The summed E-state index contributed by atoms with van der Waals surface area (Å²) in [4.78, 5) is 17.6. The first-order chi connectivity index (χ1) is 14.7. The zero-order valence-electron chi connectivity index (χ0n) is 17.3. The molecule has 2 N–H and O–H groups in total. The van der Waals surface area contributed by atoms with Gasteiger partial charge in [-0.2, -0.15) is 0 Å². The van der Waals surface area contributed by atoms with Crippen molar-refractivity contribution in [1.82, 2.24) is 4.98 Å². The fraction of sp³-hybridized carbons (Fsp3) is 0.130. The van der Waals surface area contributed by atoms with Gasteiger partial charge in [-0.1, -0.05) is 47.2 Å². The average molecular weight is 452 g/mol. The van der Waals surface area contributed by atoms with Crippen molar-refractivity contribution in [2.75, 3.05) is 10.0 Å². The number of carbonyl (C=O) groups is 1. The number of fused-ring (bicyclic) bond motifs is 1. The van der Waals surface area contributed by atoms with Crippen molar-refractivity contribution in [3.05, 3.63) is 82.9 Å². The quantitative estimate of drug-likeness (QED) is 0.432. The molecule has 8 heteroatoms. The molecule has 1 amide bonds. The number of aryl methyl sites for hydroxylation is 3. The fourth-order valence-electron chi connectivity index (χ4n) is 3.28. The molecule has 0 saturated heterocycles. The normalized spacial score (nSPS) is 11.5. The van der Waals surface area contributed by atoms with E-state index >= 15 is 0 Å². The smallest absolute Gasteiger partial charge is 0.261 e. The third-order valence-electron chi connectivity index (χ3n) is 4.80. The summed E-state index contributed by atoms with van der Waals surface area (Å²) in [6, 6.07) is 17.1. The molecule has 0 fully saturated rings. The van der Waals surface area contributed by atoms with Gasteiger partial charge >= 0.3 is 0 Å². The van der Waals surface area contributed by atoms with Crippen LogP contribution < -0.4 is 10.0 Å². The Bertz CT molecular complexity index is 1390. The van der Waals surface area contributed by atoms with E-state index in [0.29, 0.717) is 5.13 Å². The Balaban J connectivity index is 1.61. The van der Waals surface area contributed by atoms with E-state index in [9.17, 15) is 13.2 Å². The molecular weight excluding hydrogens is 430 g/mol. The van der Waals surface area contributed by atoms with E-state index < -0.39 is 15.9 Å². The molecule has 4 rings (SSSR count). The largest absolute Gasteiger partial charge is 0.298 e. The van der Waals surface area contributed by atoms with Crippen LogP contribution in [0.5, 0.6) is 0 Å². The van der Waals surface area contributed by atoms with Gasteiger partial charge in [0.2, 0.25) is 0 Å². The highest BCUT2D eigenvalue weighted by atomic mass is 32.2. The van der Waals surface area contributed by atoms with Gasteiger partial charge in [0.15, 0.2) is 5.13 Å². The molecule has 6 nitrogen and oxygen atoms in total. The van der Waals surface area contributed by atoms with Crippen LogP contribution in [0.3, 0.4) is 0 Å². The summed E-state index contributed by atoms with van der Waals surface area (Å²) in [5, 5.41) is 3.26. The summed E-state index contributed by atoms with van der Waals surface area (Å²) in [6.45, 7) is 5.88. The number of para-hydroxylation sites is 1. The predicted octanol–water partition coefficient (Wildman–Crippen LogP) is 5.27. The number of hydrogen-bond donors (Lipinski definition) is 2. The Kier molecular flexibility index (Phi) is 5.51. The van der Waals surface area contributed by atoms with Crippen LogP contribution in [-0.2, 0) is 10.0 Å². The van der Waals surface area contributed by atoms with E-state index in [2.05, 4.69) is 15.0 Å². The summed E-state index contributed by atoms with van der Waals surface area (Å²) < 4.78 is 29.1. The second-order valence-electron chi connectivity index (χ2n) is 7.37. The number of thiazole rings is 1. The first-order valence-electron chi connectivity index (χ1n) is 9.60. The number of aromatic nitrogens is 1. The molecule has 0 spiro atoms. The highest BCUT2D eigenvalue weighted by Crippen LogP contribution is 2.30. The first kappa shape index (κ1) is 21.0. The summed E-state index contributed by atoms with van der Waals surface area (Å²) in [5.41, 5.74) is 4.39. The van der Waals surface area contributed by atoms with Crippen molar-refractivity contribution in [2.24, 2.45) is 0 Å². The number of carbonyl (C=O) groups excluding carboxylic acids is 1. The molecule has 1 heterocycles. The molecule has 0 radical (unpaired) electrons. The average Bonchev–Trinajstić information content (AvgIpc) is 3.11. The Morgan fingerprint density at radius 1 is 0.935 bits per heavy atom. The SMILES string of the molecule is Cc1ccc(S(=O)(=O)Nc2ccccc2C(=O)Nc2nc3c(C)cc(C)cc3s2)cc1. The van der Waals surface area contributed by atoms with E-state index in [0.717, 1.165) is 26.9 Å². The third kappa shape index (κ3) is 4.45. The topological polar surface area (TPSA) is 88.2 Å². The van der Waals surface area contributed by atoms with Crippen LogP contribution in [0, 0.1) is 20.8 Å². The van der Waals surface area contributed by atoms with E-state index in [1.54, 1.807) is 36.4 Å². The summed E-state index contributed by atoms with van der Waals surface area (Å²) in [7, 11) is -3.83. The second kappa shape index (κ2) is 8.13. The van der Waals surface area contributed by atoms with Crippen LogP contribution in [0.25, 0.3) is 10.2 Å². The molecule has 0 atom stereocenters. The minimum atomic E-state index is -3.83. The number of rotatable bonds is 5. The molecule has 4 aromatic rings. The molecule has 158 valence electrons. The van der Waals surface area contributed by atoms with E-state index in [4.69, 9.17) is 0 Å². The predicted molar refractivity (Wildman–Crippen MR) is 125 cm³/mol. The number of nitrogens with zero attached hydrogens (tertiary/aromatic N) is 1. The molecule has 0 unspecified atom stereocenters. The Morgan fingerprint density at radius 2 is 1.65 bits per heavy atom. The van der Waals surface area contributed by atoms with Crippen LogP contribution in [0.4, 0.5) is 10.8 Å². The lowest BCUT2D eigenvalue weighted by atomic mass is 10.1. The van der Waals surface area contributed by atoms with Crippen LogP contribution in [-0.4, -0.2) is 19.3 Å². The van der Waals surface area contributed by atoms with Crippen LogP contribution in [0.15, 0.2) is 65.6 Å². The van der Waals surface area contributed by atoms with Crippen molar-refractivity contribution in [3.63, 3.8) is 0 Å². The molecule has 3 aromatic carbocycles. The van der Waals surface area contributed by atoms with Gasteiger partial charge in [-0.05, 0) is 62.2 Å². The van der Waals surface area contributed by atoms with Gasteiger partial charge in [0.05, 0.1) is 26.4 Å². The van der Waals surface area contributed by atoms with Crippen LogP contribution in [0.2, 0.25) is 0 Å². The number of hydrogen-bond acceptors (Lipinski definition) is 5. The molecule has 0 aliphatic carbocycles. The first-order valence-corrected chi connectivity index (χ1v) is 11.9. The summed E-state index contributed by atoms with van der Waals surface area (Å²) in [6.07, 6.45) is 0. The van der Waals surface area contributed by atoms with E-state index in [1.165, 1.54) is 23.5 Å². The number of amides is 1. The van der Waals surface area contributed by atoms with Crippen LogP contribution in [0.1, 0.15) is 27.0 Å². The van der Waals surface area contributed by atoms with Gasteiger partial charge < -0.3 is 0 Å². The molecule has 0 aliphatic heterocycles. The standard InChI is InChI=1S/C23H21N3O3S2/c1-14-8-10-17(11-9-14)31(28,29)26-19-7-5-4-6-18(19)22(27)25-23-24-21-16(3)12-15(2)13-20(21)30-23/h4-13,26H,1-3H3,(H,24,25,27). The Morgan fingerprint density at radius 3 is 2.39 bits per heavy atom. The van der Waals surface area contributed by atoms with Gasteiger partial charge in [-0.25, -0.2) is 13.4 Å². The van der Waals surface area contributed by atoms with Gasteiger partial charge in [-0.15, -0.1) is 0 Å². The van der Waals surface area contributed by atoms with Crippen molar-refractivity contribution >= 4 is 48.3 Å². The lowest BCUT2D eigenvalue weighted by molar-refractivity contribution is 0.102. The maximum absolute atomic E-state index is 13.0. The highest BCUT2D eigenvalue weighted by molar-refractivity contribution is 7.92. The van der Waals surface area contributed by atoms with Gasteiger partial charge in [-0.3, -0.25) is 14.8 Å². The van der Waals surface area contributed by atoms with Crippen molar-refractivity contribution < 1.29 is 13.2 Å².